The minimum atomic E-state index is -0.0731. The Hall–Kier alpha value is -1.35. The molecule has 0 radical (unpaired) electrons. The van der Waals surface area contributed by atoms with Gasteiger partial charge in [-0.25, -0.2) is 4.79 Å². The van der Waals surface area contributed by atoms with Gasteiger partial charge in [0.25, 0.3) is 0 Å². The third-order valence-electron chi connectivity index (χ3n) is 7.21. The van der Waals surface area contributed by atoms with Crippen LogP contribution in [0.4, 0.5) is 5.69 Å². The maximum absolute atomic E-state index is 12.7. The van der Waals surface area contributed by atoms with Gasteiger partial charge in [0.1, 0.15) is 11.8 Å². The highest BCUT2D eigenvalue weighted by Crippen LogP contribution is 2.66. The van der Waals surface area contributed by atoms with Crippen LogP contribution in [0.2, 0.25) is 0 Å². The van der Waals surface area contributed by atoms with Crippen molar-refractivity contribution < 1.29 is 9.53 Å². The topological polar surface area (TPSA) is 26.3 Å². The Morgan fingerprint density at radius 2 is 2.00 bits per heavy atom. The number of aryl methyl sites for hydroxylation is 1. The number of carbonyl (C=O) groups excluding carboxylic acids is 1. The molecule has 0 spiro atoms. The fourth-order valence-electron chi connectivity index (χ4n) is 4.92. The summed E-state index contributed by atoms with van der Waals surface area (Å²) in [5, 5.41) is 0. The van der Waals surface area contributed by atoms with E-state index in [0.717, 1.165) is 12.1 Å². The fraction of sp³-hybridized carbons (Fsp3) is 0.667. The van der Waals surface area contributed by atoms with Crippen molar-refractivity contribution in [3.63, 3.8) is 0 Å². The van der Waals surface area contributed by atoms with Gasteiger partial charge in [-0.3, -0.25) is 4.48 Å². The summed E-state index contributed by atoms with van der Waals surface area (Å²) in [5.41, 5.74) is 2.77. The zero-order valence-corrected chi connectivity index (χ0v) is 16.1. The number of nitrogens with zero attached hydrogens (tertiary/aromatic N) is 1. The molecule has 3 heteroatoms. The van der Waals surface area contributed by atoms with E-state index in [-0.39, 0.29) is 22.9 Å². The van der Waals surface area contributed by atoms with Crippen molar-refractivity contribution in [3.8, 4) is 0 Å². The second-order valence-corrected chi connectivity index (χ2v) is 9.27. The smallest absolute Gasteiger partial charge is 0.362 e. The van der Waals surface area contributed by atoms with Crippen molar-refractivity contribution in [2.24, 2.45) is 16.7 Å². The molecule has 132 valence electrons. The number of hydrogen-bond donors (Lipinski definition) is 0. The first-order valence-electron chi connectivity index (χ1n) is 9.16. The third-order valence-corrected chi connectivity index (χ3v) is 7.21. The van der Waals surface area contributed by atoms with Gasteiger partial charge in [-0.1, -0.05) is 32.9 Å². The Kier molecular flexibility index (Phi) is 4.07. The van der Waals surface area contributed by atoms with Crippen LogP contribution in [-0.4, -0.2) is 32.7 Å². The zero-order valence-electron chi connectivity index (χ0n) is 16.1. The maximum Gasteiger partial charge on any atom is 0.362 e. The molecule has 2 aliphatic carbocycles. The van der Waals surface area contributed by atoms with Crippen molar-refractivity contribution in [3.05, 3.63) is 29.8 Å². The first-order valence-corrected chi connectivity index (χ1v) is 9.16. The number of carbonyl (C=O) groups is 1. The van der Waals surface area contributed by atoms with Crippen LogP contribution in [0, 0.1) is 23.7 Å². The van der Waals surface area contributed by atoms with Crippen molar-refractivity contribution >= 4 is 11.7 Å². The Labute approximate surface area is 146 Å². The average Bonchev–Trinajstić information content (AvgIpc) is 2.80. The monoisotopic (exact) mass is 330 g/mol. The first kappa shape index (κ1) is 17.5. The van der Waals surface area contributed by atoms with Gasteiger partial charge in [0.2, 0.25) is 0 Å². The van der Waals surface area contributed by atoms with E-state index < -0.39 is 0 Å². The standard InChI is InChI=1S/C21H32NO2/c1-15-8-7-9-17(12-15)22(5,6)14-19(23)24-18-13-16-10-11-21(18,4)20(16,2)3/h7-9,12,16,18H,10-11,13-14H2,1-6H3/q+1. The van der Waals surface area contributed by atoms with Crippen molar-refractivity contribution in [1.82, 2.24) is 4.48 Å². The molecule has 3 unspecified atom stereocenters. The Morgan fingerprint density at radius 1 is 1.29 bits per heavy atom. The molecule has 2 saturated carbocycles. The molecule has 0 heterocycles. The second-order valence-electron chi connectivity index (χ2n) is 9.27. The molecule has 1 aromatic rings. The summed E-state index contributed by atoms with van der Waals surface area (Å²) in [7, 11) is 4.14. The molecule has 1 aromatic carbocycles. The minimum absolute atomic E-state index is 0.0731. The lowest BCUT2D eigenvalue weighted by Crippen LogP contribution is -2.47. The molecular formula is C21H32NO2+. The number of hydrogen-bond acceptors (Lipinski definition) is 2. The quantitative estimate of drug-likeness (QED) is 0.607. The zero-order chi connectivity index (χ0) is 17.8. The van der Waals surface area contributed by atoms with E-state index in [1.54, 1.807) is 0 Å². The Balaban J connectivity index is 1.68. The average molecular weight is 330 g/mol. The number of esters is 1. The lowest BCUT2D eigenvalue weighted by atomic mass is 9.70. The maximum atomic E-state index is 12.7. The Bertz CT molecular complexity index is 649. The lowest BCUT2D eigenvalue weighted by Gasteiger charge is -2.38. The molecule has 0 saturated heterocycles. The van der Waals surface area contributed by atoms with E-state index in [0.29, 0.717) is 16.9 Å². The van der Waals surface area contributed by atoms with Crippen LogP contribution in [0.3, 0.4) is 0 Å². The summed E-state index contributed by atoms with van der Waals surface area (Å²) in [6, 6.07) is 8.37. The number of likely N-dealkylation sites (N-methyl/N-ethyl adjacent to an activating group) is 1. The SMILES string of the molecule is Cc1cccc([N+](C)(C)CC(=O)OC2CC3CCC2(C)C3(C)C)c1. The highest BCUT2D eigenvalue weighted by atomic mass is 16.5. The van der Waals surface area contributed by atoms with E-state index in [2.05, 4.69) is 66.1 Å². The van der Waals surface area contributed by atoms with Crippen LogP contribution >= 0.6 is 0 Å². The molecule has 3 atom stereocenters. The summed E-state index contributed by atoms with van der Waals surface area (Å²) in [4.78, 5) is 12.7. The van der Waals surface area contributed by atoms with Gasteiger partial charge in [-0.15, -0.1) is 0 Å². The molecule has 0 aromatic heterocycles. The van der Waals surface area contributed by atoms with Crippen LogP contribution < -0.4 is 4.48 Å². The number of rotatable bonds is 4. The number of quaternary nitrogens is 1. The molecule has 0 amide bonds. The highest BCUT2D eigenvalue weighted by Gasteiger charge is 2.63. The largest absolute Gasteiger partial charge is 0.458 e. The van der Waals surface area contributed by atoms with Gasteiger partial charge in [0.15, 0.2) is 6.54 Å². The molecular weight excluding hydrogens is 298 g/mol. The first-order chi connectivity index (χ1) is 11.1. The van der Waals surface area contributed by atoms with Gasteiger partial charge in [-0.05, 0) is 49.1 Å². The van der Waals surface area contributed by atoms with E-state index in [9.17, 15) is 4.79 Å². The summed E-state index contributed by atoms with van der Waals surface area (Å²) in [5.74, 6) is 0.621. The predicted molar refractivity (Wildman–Crippen MR) is 98.8 cm³/mol. The molecule has 0 N–H and O–H groups in total. The van der Waals surface area contributed by atoms with Crippen molar-refractivity contribution in [1.29, 1.82) is 0 Å². The normalized spacial score (nSPS) is 31.2. The number of fused-ring (bicyclic) bond motifs is 2. The molecule has 3 nitrogen and oxygen atoms in total. The molecule has 0 aliphatic heterocycles. The summed E-state index contributed by atoms with van der Waals surface area (Å²) >= 11 is 0. The molecule has 3 rings (SSSR count). The van der Waals surface area contributed by atoms with Gasteiger partial charge < -0.3 is 4.74 Å². The second kappa shape index (κ2) is 5.59. The highest BCUT2D eigenvalue weighted by molar-refractivity contribution is 5.74. The predicted octanol–water partition coefficient (Wildman–Crippen LogP) is 4.32. The van der Waals surface area contributed by atoms with E-state index >= 15 is 0 Å². The van der Waals surface area contributed by atoms with Crippen LogP contribution in [-0.2, 0) is 9.53 Å². The van der Waals surface area contributed by atoms with Crippen LogP contribution in [0.1, 0.15) is 45.6 Å². The van der Waals surface area contributed by atoms with Crippen molar-refractivity contribution in [2.75, 3.05) is 20.6 Å². The van der Waals surface area contributed by atoms with Gasteiger partial charge in [0, 0.05) is 11.5 Å². The van der Waals surface area contributed by atoms with Crippen LogP contribution in [0.5, 0.6) is 0 Å². The third kappa shape index (κ3) is 2.67. The van der Waals surface area contributed by atoms with Crippen LogP contribution in [0.25, 0.3) is 0 Å². The summed E-state index contributed by atoms with van der Waals surface area (Å²) in [6.45, 7) is 9.48. The van der Waals surface area contributed by atoms with E-state index in [1.807, 2.05) is 0 Å². The fourth-order valence-corrected chi connectivity index (χ4v) is 4.92. The van der Waals surface area contributed by atoms with Gasteiger partial charge in [-0.2, -0.15) is 0 Å². The minimum Gasteiger partial charge on any atom is -0.458 e. The number of benzene rings is 1. The number of ether oxygens (including phenoxy) is 1. The molecule has 2 aliphatic rings. The molecule has 2 fully saturated rings. The van der Waals surface area contributed by atoms with E-state index in [1.165, 1.54) is 18.4 Å². The van der Waals surface area contributed by atoms with Crippen LogP contribution in [0.15, 0.2) is 24.3 Å². The van der Waals surface area contributed by atoms with Gasteiger partial charge >= 0.3 is 5.97 Å². The molecule has 2 bridgehead atoms. The van der Waals surface area contributed by atoms with Crippen molar-refractivity contribution in [2.45, 2.75) is 53.1 Å². The van der Waals surface area contributed by atoms with E-state index in [4.69, 9.17) is 4.74 Å². The summed E-state index contributed by atoms with van der Waals surface area (Å²) in [6.07, 6.45) is 3.57. The summed E-state index contributed by atoms with van der Waals surface area (Å²) < 4.78 is 6.54. The lowest BCUT2D eigenvalue weighted by molar-refractivity contribution is -0.157. The van der Waals surface area contributed by atoms with Gasteiger partial charge in [0.05, 0.1) is 14.1 Å². The Morgan fingerprint density at radius 3 is 2.54 bits per heavy atom. The molecule has 24 heavy (non-hydrogen) atoms.